The Balaban J connectivity index is 1.72. The maximum absolute atomic E-state index is 13.0. The minimum atomic E-state index is -4.62. The first-order valence-corrected chi connectivity index (χ1v) is 9.05. The summed E-state index contributed by atoms with van der Waals surface area (Å²) in [6.45, 7) is 0.998. The molecule has 0 unspecified atom stereocenters. The van der Waals surface area contributed by atoms with Crippen molar-refractivity contribution < 1.29 is 22.4 Å². The number of hydrogen-bond donors (Lipinski definition) is 0. The molecule has 3 aromatic rings. The van der Waals surface area contributed by atoms with Gasteiger partial charge in [0.2, 0.25) is 5.91 Å². The van der Waals surface area contributed by atoms with Crippen LogP contribution in [0.1, 0.15) is 22.5 Å². The van der Waals surface area contributed by atoms with Gasteiger partial charge in [-0.05, 0) is 30.7 Å². The summed E-state index contributed by atoms with van der Waals surface area (Å²) in [4.78, 5) is 25.8. The van der Waals surface area contributed by atoms with Gasteiger partial charge in [-0.2, -0.15) is 13.2 Å². The van der Waals surface area contributed by atoms with E-state index in [4.69, 9.17) is 0 Å². The molecule has 0 saturated carbocycles. The molecule has 11 heteroatoms. The number of nitrogens with zero attached hydrogens (tertiary/aromatic N) is 6. The molecule has 2 heterocycles. The lowest BCUT2D eigenvalue weighted by Gasteiger charge is -2.14. The number of hydrogen-bond acceptors (Lipinski definition) is 5. The molecule has 0 bridgehead atoms. The fourth-order valence-corrected chi connectivity index (χ4v) is 2.66. The van der Waals surface area contributed by atoms with Gasteiger partial charge in [0.15, 0.2) is 5.82 Å². The normalized spacial score (nSPS) is 11.8. The molecule has 1 amide bonds. The highest BCUT2D eigenvalue weighted by Gasteiger charge is 2.31. The number of rotatable bonds is 6. The van der Waals surface area contributed by atoms with Crippen LogP contribution in [0.25, 0.3) is 17.6 Å². The van der Waals surface area contributed by atoms with Gasteiger partial charge in [0.1, 0.15) is 18.8 Å². The molecule has 0 atom stereocenters. The average molecular weight is 434 g/mol. The molecule has 3 rings (SSSR count). The van der Waals surface area contributed by atoms with E-state index in [0.29, 0.717) is 12.4 Å². The van der Waals surface area contributed by atoms with Crippen LogP contribution < -0.4 is 0 Å². The van der Waals surface area contributed by atoms with Crippen molar-refractivity contribution in [2.75, 3.05) is 7.05 Å². The number of likely N-dealkylation sites (N-methyl/N-ethyl adjacent to an activating group) is 1. The van der Waals surface area contributed by atoms with Gasteiger partial charge in [0.25, 0.3) is 0 Å². The van der Waals surface area contributed by atoms with E-state index in [1.54, 1.807) is 26.4 Å². The van der Waals surface area contributed by atoms with E-state index in [0.717, 1.165) is 17.7 Å². The SMILES string of the molecule is Cc1ncc(CN(C)C(=O)/C=C\n2cnc(-c3cc(CF)cc(C(F)(F)F)c3)n2)cn1. The molecule has 2 aromatic heterocycles. The van der Waals surface area contributed by atoms with E-state index in [1.807, 2.05) is 0 Å². The third-order valence-corrected chi connectivity index (χ3v) is 4.24. The van der Waals surface area contributed by atoms with Gasteiger partial charge in [-0.3, -0.25) is 4.79 Å². The minimum Gasteiger partial charge on any atom is -0.338 e. The summed E-state index contributed by atoms with van der Waals surface area (Å²) in [5.41, 5.74) is -0.335. The largest absolute Gasteiger partial charge is 0.416 e. The molecule has 0 spiro atoms. The molecular formula is C20H18F4N6O. The highest BCUT2D eigenvalue weighted by atomic mass is 19.4. The zero-order valence-electron chi connectivity index (χ0n) is 16.6. The van der Waals surface area contributed by atoms with Crippen LogP contribution in [0.5, 0.6) is 0 Å². The summed E-state index contributed by atoms with van der Waals surface area (Å²) in [5.74, 6) is 0.262. The van der Waals surface area contributed by atoms with Gasteiger partial charge in [-0.15, -0.1) is 5.10 Å². The number of aromatic nitrogens is 5. The van der Waals surface area contributed by atoms with Crippen LogP contribution in [-0.2, 0) is 24.2 Å². The quantitative estimate of drug-likeness (QED) is 0.437. The van der Waals surface area contributed by atoms with Crippen molar-refractivity contribution in [1.82, 2.24) is 29.6 Å². The first kappa shape index (κ1) is 22.1. The number of carbonyl (C=O) groups is 1. The molecule has 1 aromatic carbocycles. The first-order chi connectivity index (χ1) is 14.7. The molecular weight excluding hydrogens is 416 g/mol. The molecule has 0 saturated heterocycles. The number of benzene rings is 1. The third-order valence-electron chi connectivity index (χ3n) is 4.24. The Morgan fingerprint density at radius 1 is 1.13 bits per heavy atom. The van der Waals surface area contributed by atoms with Crippen LogP contribution >= 0.6 is 0 Å². The Bertz CT molecular complexity index is 1090. The predicted octanol–water partition coefficient (Wildman–Crippen LogP) is 3.66. The Morgan fingerprint density at radius 2 is 1.84 bits per heavy atom. The van der Waals surface area contributed by atoms with Crippen LogP contribution in [0.4, 0.5) is 17.6 Å². The minimum absolute atomic E-state index is 0.0249. The zero-order valence-corrected chi connectivity index (χ0v) is 16.6. The number of carbonyl (C=O) groups excluding carboxylic acids is 1. The molecule has 162 valence electrons. The van der Waals surface area contributed by atoms with Crippen molar-refractivity contribution in [3.8, 4) is 11.4 Å². The van der Waals surface area contributed by atoms with Crippen LogP contribution in [0, 0.1) is 6.92 Å². The van der Waals surface area contributed by atoms with Gasteiger partial charge in [-0.25, -0.2) is 24.0 Å². The van der Waals surface area contributed by atoms with E-state index >= 15 is 0 Å². The van der Waals surface area contributed by atoms with Crippen molar-refractivity contribution in [3.05, 3.63) is 65.5 Å². The van der Waals surface area contributed by atoms with Crippen LogP contribution in [0.2, 0.25) is 0 Å². The zero-order chi connectivity index (χ0) is 22.6. The lowest BCUT2D eigenvalue weighted by molar-refractivity contribution is -0.137. The van der Waals surface area contributed by atoms with E-state index < -0.39 is 18.4 Å². The highest BCUT2D eigenvalue weighted by molar-refractivity contribution is 5.89. The highest BCUT2D eigenvalue weighted by Crippen LogP contribution is 2.33. The first-order valence-electron chi connectivity index (χ1n) is 9.05. The van der Waals surface area contributed by atoms with Crippen molar-refractivity contribution in [2.24, 2.45) is 0 Å². The maximum atomic E-state index is 13.0. The fourth-order valence-electron chi connectivity index (χ4n) is 2.66. The maximum Gasteiger partial charge on any atom is 0.416 e. The van der Waals surface area contributed by atoms with E-state index in [-0.39, 0.29) is 22.9 Å². The molecule has 0 fully saturated rings. The van der Waals surface area contributed by atoms with Gasteiger partial charge < -0.3 is 4.90 Å². The number of alkyl halides is 4. The Labute approximate surface area is 175 Å². The molecule has 31 heavy (non-hydrogen) atoms. The lowest BCUT2D eigenvalue weighted by Crippen LogP contribution is -2.24. The number of amides is 1. The van der Waals surface area contributed by atoms with Gasteiger partial charge in [0.05, 0.1) is 5.56 Å². The van der Waals surface area contributed by atoms with E-state index in [2.05, 4.69) is 20.1 Å². The standard InChI is InChI=1S/C20H18F4N6O/c1-13-25-9-15(10-26-13)11-29(2)18(31)3-4-30-12-27-19(28-30)16-5-14(8-21)6-17(7-16)20(22,23)24/h3-7,9-10,12H,8,11H2,1-2H3/b4-3-. The summed E-state index contributed by atoms with van der Waals surface area (Å²) in [5, 5.41) is 4.04. The number of aryl methyl sites for hydroxylation is 1. The molecule has 0 radical (unpaired) electrons. The van der Waals surface area contributed by atoms with Crippen molar-refractivity contribution in [3.63, 3.8) is 0 Å². The van der Waals surface area contributed by atoms with E-state index in [9.17, 15) is 22.4 Å². The Kier molecular flexibility index (Phi) is 6.42. The molecule has 7 nitrogen and oxygen atoms in total. The van der Waals surface area contributed by atoms with Crippen LogP contribution in [0.3, 0.4) is 0 Å². The third kappa shape index (κ3) is 5.71. The molecule has 0 N–H and O–H groups in total. The summed E-state index contributed by atoms with van der Waals surface area (Å²) in [6, 6.07) is 2.85. The second-order valence-electron chi connectivity index (χ2n) is 6.75. The van der Waals surface area contributed by atoms with Gasteiger partial charge >= 0.3 is 6.18 Å². The topological polar surface area (TPSA) is 76.8 Å². The summed E-state index contributed by atoms with van der Waals surface area (Å²) in [7, 11) is 1.60. The summed E-state index contributed by atoms with van der Waals surface area (Å²) in [6.07, 6.45) is 2.43. The Morgan fingerprint density at radius 3 is 2.48 bits per heavy atom. The molecule has 0 aliphatic rings. The van der Waals surface area contributed by atoms with Crippen LogP contribution in [-0.4, -0.2) is 42.6 Å². The average Bonchev–Trinajstić information content (AvgIpc) is 3.21. The second kappa shape index (κ2) is 9.02. The number of halogens is 4. The van der Waals surface area contributed by atoms with Gasteiger partial charge in [-0.1, -0.05) is 0 Å². The van der Waals surface area contributed by atoms with Crippen molar-refractivity contribution in [1.29, 1.82) is 0 Å². The lowest BCUT2D eigenvalue weighted by atomic mass is 10.1. The van der Waals surface area contributed by atoms with Crippen LogP contribution in [0.15, 0.2) is 43.0 Å². The molecule has 0 aliphatic heterocycles. The second-order valence-corrected chi connectivity index (χ2v) is 6.75. The summed E-state index contributed by atoms with van der Waals surface area (Å²) < 4.78 is 53.3. The summed E-state index contributed by atoms with van der Waals surface area (Å²) >= 11 is 0. The van der Waals surface area contributed by atoms with Crippen molar-refractivity contribution >= 4 is 12.1 Å². The van der Waals surface area contributed by atoms with E-state index in [1.165, 1.54) is 34.3 Å². The Hall–Kier alpha value is -3.63. The fraction of sp³-hybridized carbons (Fsp3) is 0.250. The monoisotopic (exact) mass is 434 g/mol. The van der Waals surface area contributed by atoms with Gasteiger partial charge in [0, 0.05) is 49.4 Å². The smallest absolute Gasteiger partial charge is 0.338 e. The van der Waals surface area contributed by atoms with Crippen molar-refractivity contribution in [2.45, 2.75) is 26.3 Å². The molecule has 0 aliphatic carbocycles. The predicted molar refractivity (Wildman–Crippen MR) is 104 cm³/mol.